The highest BCUT2D eigenvalue weighted by Gasteiger charge is 2.31. The molecule has 1 atom stereocenters. The quantitative estimate of drug-likeness (QED) is 0.624. The van der Waals surface area contributed by atoms with E-state index in [4.69, 9.17) is 21.1 Å². The first-order valence-electron chi connectivity index (χ1n) is 8.49. The van der Waals surface area contributed by atoms with E-state index >= 15 is 0 Å². The summed E-state index contributed by atoms with van der Waals surface area (Å²) in [7, 11) is 3.23. The highest BCUT2D eigenvalue weighted by atomic mass is 35.5. The molecule has 0 fully saturated rings. The minimum atomic E-state index is -0.0143. The first kappa shape index (κ1) is 17.9. The monoisotopic (exact) mass is 399 g/mol. The van der Waals surface area contributed by atoms with Crippen molar-refractivity contribution in [1.82, 2.24) is 0 Å². The normalized spacial score (nSPS) is 15.8. The summed E-state index contributed by atoms with van der Waals surface area (Å²) in [5, 5.41) is 5.84. The molecule has 6 heteroatoms. The number of carbonyl (C=O) groups excluding carboxylic acids is 1. The summed E-state index contributed by atoms with van der Waals surface area (Å²) in [6.45, 7) is 0. The van der Waals surface area contributed by atoms with Crippen molar-refractivity contribution in [2.24, 2.45) is 0 Å². The molecule has 4 rings (SSSR count). The van der Waals surface area contributed by atoms with E-state index in [1.54, 1.807) is 25.6 Å². The van der Waals surface area contributed by atoms with Crippen molar-refractivity contribution in [3.05, 3.63) is 63.3 Å². The number of halogens is 1. The fourth-order valence-corrected chi connectivity index (χ4v) is 4.69. The van der Waals surface area contributed by atoms with Crippen molar-refractivity contribution >= 4 is 34.5 Å². The second-order valence-corrected chi connectivity index (χ2v) is 7.66. The van der Waals surface area contributed by atoms with Gasteiger partial charge in [-0.05, 0) is 35.4 Å². The van der Waals surface area contributed by atoms with Gasteiger partial charge in [0, 0.05) is 33.2 Å². The third kappa shape index (κ3) is 3.29. The summed E-state index contributed by atoms with van der Waals surface area (Å²) in [6, 6.07) is 13.5. The van der Waals surface area contributed by atoms with Crippen molar-refractivity contribution in [1.29, 1.82) is 0 Å². The Balaban J connectivity index is 1.78. The number of carbonyl (C=O) groups is 1. The number of anilines is 1. The van der Waals surface area contributed by atoms with Crippen LogP contribution in [0.25, 0.3) is 11.1 Å². The van der Waals surface area contributed by atoms with E-state index in [9.17, 15) is 4.79 Å². The molecule has 4 nitrogen and oxygen atoms in total. The third-order valence-corrected chi connectivity index (χ3v) is 6.10. The minimum absolute atomic E-state index is 0.0101. The van der Waals surface area contributed by atoms with Crippen LogP contribution in [0, 0.1) is 0 Å². The van der Waals surface area contributed by atoms with Crippen LogP contribution < -0.4 is 14.8 Å². The maximum Gasteiger partial charge on any atom is 0.225 e. The SMILES string of the molecule is COc1ccc([C@@H]2CC(=O)Nc3c(-c4ccc(Cl)cc4)csc32)cc1OC. The van der Waals surface area contributed by atoms with Gasteiger partial charge in [-0.3, -0.25) is 4.79 Å². The highest BCUT2D eigenvalue weighted by molar-refractivity contribution is 7.11. The Hall–Kier alpha value is -2.50. The topological polar surface area (TPSA) is 47.6 Å². The molecule has 0 radical (unpaired) electrons. The fraction of sp³-hybridized carbons (Fsp3) is 0.190. The standard InChI is InChI=1S/C21H18ClNO3S/c1-25-17-8-5-13(9-18(17)26-2)15-10-19(24)23-20-16(11-27-21(15)20)12-3-6-14(22)7-4-12/h3-9,11,15H,10H2,1-2H3,(H,23,24)/t15-/m0/s1. The minimum Gasteiger partial charge on any atom is -0.493 e. The maximum atomic E-state index is 12.4. The summed E-state index contributed by atoms with van der Waals surface area (Å²) in [5.74, 6) is 1.34. The van der Waals surface area contributed by atoms with Crippen molar-refractivity contribution < 1.29 is 14.3 Å². The average molecular weight is 400 g/mol. The van der Waals surface area contributed by atoms with Gasteiger partial charge >= 0.3 is 0 Å². The third-order valence-electron chi connectivity index (χ3n) is 4.76. The summed E-state index contributed by atoms with van der Waals surface area (Å²) in [6.07, 6.45) is 0.406. The van der Waals surface area contributed by atoms with Crippen molar-refractivity contribution in [2.75, 3.05) is 19.5 Å². The van der Waals surface area contributed by atoms with Gasteiger partial charge in [-0.15, -0.1) is 11.3 Å². The van der Waals surface area contributed by atoms with Crippen LogP contribution in [0.2, 0.25) is 5.02 Å². The number of benzene rings is 2. The van der Waals surface area contributed by atoms with E-state index in [1.165, 1.54) is 0 Å². The molecule has 27 heavy (non-hydrogen) atoms. The van der Waals surface area contributed by atoms with E-state index in [2.05, 4.69) is 10.7 Å². The van der Waals surface area contributed by atoms with Gasteiger partial charge in [0.25, 0.3) is 0 Å². The molecular weight excluding hydrogens is 382 g/mol. The first-order valence-corrected chi connectivity index (χ1v) is 9.75. The molecule has 0 unspecified atom stereocenters. The van der Waals surface area contributed by atoms with Crippen LogP contribution in [0.3, 0.4) is 0 Å². The largest absolute Gasteiger partial charge is 0.493 e. The zero-order valence-electron chi connectivity index (χ0n) is 14.9. The molecular formula is C21H18ClNO3S. The Morgan fingerprint density at radius 1 is 1.07 bits per heavy atom. The van der Waals surface area contributed by atoms with Gasteiger partial charge < -0.3 is 14.8 Å². The molecule has 2 heterocycles. The van der Waals surface area contributed by atoms with Crippen LogP contribution in [0.4, 0.5) is 5.69 Å². The van der Waals surface area contributed by atoms with E-state index in [0.29, 0.717) is 22.9 Å². The predicted octanol–water partition coefficient (Wildman–Crippen LogP) is 5.56. The number of thiophene rings is 1. The summed E-state index contributed by atoms with van der Waals surface area (Å²) < 4.78 is 10.8. The molecule has 0 saturated carbocycles. The molecule has 1 amide bonds. The zero-order chi connectivity index (χ0) is 19.0. The Labute approximate surface area is 166 Å². The second-order valence-electron chi connectivity index (χ2n) is 6.31. The van der Waals surface area contributed by atoms with Crippen LogP contribution in [-0.2, 0) is 4.79 Å². The average Bonchev–Trinajstić information content (AvgIpc) is 3.11. The predicted molar refractivity (Wildman–Crippen MR) is 109 cm³/mol. The molecule has 1 aliphatic heterocycles. The molecule has 3 aromatic rings. The molecule has 0 bridgehead atoms. The number of nitrogens with one attached hydrogen (secondary N) is 1. The number of methoxy groups -OCH3 is 2. The van der Waals surface area contributed by atoms with Crippen LogP contribution in [0.15, 0.2) is 47.8 Å². The van der Waals surface area contributed by atoms with Gasteiger partial charge in [-0.1, -0.05) is 29.8 Å². The van der Waals surface area contributed by atoms with Gasteiger partial charge in [-0.25, -0.2) is 0 Å². The van der Waals surface area contributed by atoms with E-state index < -0.39 is 0 Å². The van der Waals surface area contributed by atoms with Crippen LogP contribution in [-0.4, -0.2) is 20.1 Å². The number of fused-ring (bicyclic) bond motifs is 1. The maximum absolute atomic E-state index is 12.4. The Morgan fingerprint density at radius 3 is 2.52 bits per heavy atom. The van der Waals surface area contributed by atoms with Crippen molar-refractivity contribution in [3.63, 3.8) is 0 Å². The molecule has 1 N–H and O–H groups in total. The van der Waals surface area contributed by atoms with Gasteiger partial charge in [0.15, 0.2) is 11.5 Å². The summed E-state index contributed by atoms with van der Waals surface area (Å²) >= 11 is 7.67. The van der Waals surface area contributed by atoms with E-state index in [0.717, 1.165) is 27.3 Å². The Kier molecular flexibility index (Phi) is 4.81. The Bertz CT molecular complexity index is 997. The van der Waals surface area contributed by atoms with Gasteiger partial charge in [0.2, 0.25) is 5.91 Å². The van der Waals surface area contributed by atoms with Crippen molar-refractivity contribution in [3.8, 4) is 22.6 Å². The number of rotatable bonds is 4. The lowest BCUT2D eigenvalue weighted by Gasteiger charge is -2.24. The number of hydrogen-bond donors (Lipinski definition) is 1. The second kappa shape index (κ2) is 7.25. The lowest BCUT2D eigenvalue weighted by atomic mass is 9.89. The molecule has 1 aromatic heterocycles. The van der Waals surface area contributed by atoms with Crippen LogP contribution in [0.1, 0.15) is 22.8 Å². The first-order chi connectivity index (χ1) is 13.1. The zero-order valence-corrected chi connectivity index (χ0v) is 16.5. The molecule has 2 aromatic carbocycles. The molecule has 138 valence electrons. The van der Waals surface area contributed by atoms with Crippen molar-refractivity contribution in [2.45, 2.75) is 12.3 Å². The van der Waals surface area contributed by atoms with Crippen LogP contribution in [0.5, 0.6) is 11.5 Å². The number of amides is 1. The molecule has 0 saturated heterocycles. The summed E-state index contributed by atoms with van der Waals surface area (Å²) in [4.78, 5) is 13.6. The fourth-order valence-electron chi connectivity index (χ4n) is 3.41. The molecule has 1 aliphatic rings. The number of hydrogen-bond acceptors (Lipinski definition) is 4. The Morgan fingerprint density at radius 2 is 1.81 bits per heavy atom. The van der Waals surface area contributed by atoms with Crippen LogP contribution >= 0.6 is 22.9 Å². The van der Waals surface area contributed by atoms with Gasteiger partial charge in [0.05, 0.1) is 19.9 Å². The number of ether oxygens (including phenoxy) is 2. The molecule has 0 aliphatic carbocycles. The highest BCUT2D eigenvalue weighted by Crippen LogP contribution is 2.47. The lowest BCUT2D eigenvalue weighted by Crippen LogP contribution is -2.22. The van der Waals surface area contributed by atoms with E-state index in [1.807, 2.05) is 42.5 Å². The molecule has 0 spiro atoms. The summed E-state index contributed by atoms with van der Waals surface area (Å²) in [5.41, 5.74) is 3.97. The lowest BCUT2D eigenvalue weighted by molar-refractivity contribution is -0.116. The van der Waals surface area contributed by atoms with Gasteiger partial charge in [0.1, 0.15) is 0 Å². The van der Waals surface area contributed by atoms with Gasteiger partial charge in [-0.2, -0.15) is 0 Å². The smallest absolute Gasteiger partial charge is 0.225 e. The van der Waals surface area contributed by atoms with E-state index in [-0.39, 0.29) is 11.8 Å².